The molecule has 0 fully saturated rings. The Kier molecular flexibility index (Phi) is 38.4. The molecule has 4 heteroatoms. The molecule has 0 bridgehead atoms. The molecule has 0 spiro atoms. The number of allylic oxidation sites excluding steroid dienone is 4. The molecule has 300 valence electrons. The number of carbonyl (C=O) groups excluding carboxylic acids is 1. The Bertz CT molecular complexity index is 805. The van der Waals surface area contributed by atoms with Gasteiger partial charge in [-0.05, 0) is 76.5 Å². The SMILES string of the molecule is CCCCCCCC/C=C\CCCCCCCCCCC(CC(C)C(CCCCCCCCCC/C=C\CCCCCCCC)C(N)=O)C(=O)O. The van der Waals surface area contributed by atoms with Crippen molar-refractivity contribution in [2.45, 2.75) is 245 Å². The van der Waals surface area contributed by atoms with E-state index in [2.05, 4.69) is 38.2 Å². The number of aliphatic carboxylic acids is 1. The molecule has 0 aliphatic rings. The molecule has 0 heterocycles. The van der Waals surface area contributed by atoms with E-state index in [-0.39, 0.29) is 23.7 Å². The number of nitrogens with two attached hydrogens (primary N) is 1. The molecule has 3 N–H and O–H groups in total. The molecule has 51 heavy (non-hydrogen) atoms. The second-order valence-electron chi connectivity index (χ2n) is 16.1. The lowest BCUT2D eigenvalue weighted by atomic mass is 9.81. The van der Waals surface area contributed by atoms with Gasteiger partial charge >= 0.3 is 5.97 Å². The van der Waals surface area contributed by atoms with Gasteiger partial charge in [0.05, 0.1) is 5.92 Å². The Balaban J connectivity index is 3.86. The third kappa shape index (κ3) is 35.2. The summed E-state index contributed by atoms with van der Waals surface area (Å²) < 4.78 is 0. The van der Waals surface area contributed by atoms with Gasteiger partial charge < -0.3 is 10.8 Å². The Hall–Kier alpha value is -1.58. The van der Waals surface area contributed by atoms with Gasteiger partial charge in [-0.2, -0.15) is 0 Å². The molecule has 3 unspecified atom stereocenters. The minimum absolute atomic E-state index is 0.0221. The molecule has 0 aliphatic carbocycles. The number of hydrogen-bond donors (Lipinski definition) is 2. The summed E-state index contributed by atoms with van der Waals surface area (Å²) in [4.78, 5) is 24.4. The van der Waals surface area contributed by atoms with E-state index in [1.165, 1.54) is 180 Å². The molecule has 0 saturated heterocycles. The lowest BCUT2D eigenvalue weighted by Gasteiger charge is -2.24. The molecular weight excluding hydrogens is 627 g/mol. The first-order valence-electron chi connectivity index (χ1n) is 22.8. The van der Waals surface area contributed by atoms with Crippen molar-refractivity contribution < 1.29 is 14.7 Å². The smallest absolute Gasteiger partial charge is 0.306 e. The summed E-state index contributed by atoms with van der Waals surface area (Å²) in [5.41, 5.74) is 5.82. The summed E-state index contributed by atoms with van der Waals surface area (Å²) in [6.45, 7) is 6.59. The zero-order valence-electron chi connectivity index (χ0n) is 34.6. The van der Waals surface area contributed by atoms with Crippen LogP contribution >= 0.6 is 0 Å². The van der Waals surface area contributed by atoms with Gasteiger partial charge in [0.15, 0.2) is 0 Å². The Morgan fingerprint density at radius 2 is 0.765 bits per heavy atom. The number of amides is 1. The van der Waals surface area contributed by atoms with Crippen molar-refractivity contribution in [1.29, 1.82) is 0 Å². The van der Waals surface area contributed by atoms with Crippen LogP contribution in [0.4, 0.5) is 0 Å². The maximum Gasteiger partial charge on any atom is 0.306 e. The normalized spacial score (nSPS) is 13.7. The van der Waals surface area contributed by atoms with E-state index < -0.39 is 5.97 Å². The first-order valence-corrected chi connectivity index (χ1v) is 22.8. The molecule has 0 aromatic carbocycles. The average molecular weight is 716 g/mol. The second kappa shape index (κ2) is 39.6. The summed E-state index contributed by atoms with van der Waals surface area (Å²) in [6, 6.07) is 0. The van der Waals surface area contributed by atoms with Crippen LogP contribution < -0.4 is 5.73 Å². The highest BCUT2D eigenvalue weighted by Gasteiger charge is 2.28. The van der Waals surface area contributed by atoms with E-state index in [1.54, 1.807) is 0 Å². The van der Waals surface area contributed by atoms with Crippen molar-refractivity contribution >= 4 is 11.9 Å². The van der Waals surface area contributed by atoms with Crippen LogP contribution in [0, 0.1) is 17.8 Å². The maximum atomic E-state index is 12.3. The Morgan fingerprint density at radius 1 is 0.471 bits per heavy atom. The van der Waals surface area contributed by atoms with Crippen LogP contribution in [0.1, 0.15) is 245 Å². The van der Waals surface area contributed by atoms with Crippen molar-refractivity contribution in [3.8, 4) is 0 Å². The number of carboxylic acid groups (broad SMARTS) is 1. The van der Waals surface area contributed by atoms with Crippen molar-refractivity contribution in [1.82, 2.24) is 0 Å². The van der Waals surface area contributed by atoms with E-state index in [9.17, 15) is 14.7 Å². The van der Waals surface area contributed by atoms with Crippen LogP contribution in [0.2, 0.25) is 0 Å². The largest absolute Gasteiger partial charge is 0.481 e. The van der Waals surface area contributed by atoms with Crippen LogP contribution in [0.25, 0.3) is 0 Å². The van der Waals surface area contributed by atoms with Crippen LogP contribution in [0.15, 0.2) is 24.3 Å². The summed E-state index contributed by atoms with van der Waals surface area (Å²) in [5, 5.41) is 9.90. The maximum absolute atomic E-state index is 12.3. The molecular formula is C47H89NO3. The molecule has 0 radical (unpaired) electrons. The zero-order valence-corrected chi connectivity index (χ0v) is 34.6. The van der Waals surface area contributed by atoms with Gasteiger partial charge in [0.25, 0.3) is 0 Å². The Labute approximate surface area is 319 Å². The zero-order chi connectivity index (χ0) is 37.5. The standard InChI is InChI=1S/C47H89NO3/c1-4-6-8-10-12-14-16-18-20-22-24-26-28-30-32-34-36-38-40-44(47(50)51)42-43(3)45(46(48)49)41-39-37-35-33-31-29-27-25-23-21-19-17-15-13-11-9-7-5-2/h18-21,43-45H,4-17,22-42H2,1-3H3,(H2,48,49)(H,50,51)/b20-18-,21-19-. The van der Waals surface area contributed by atoms with Crippen LogP contribution in [0.5, 0.6) is 0 Å². The van der Waals surface area contributed by atoms with Gasteiger partial charge in [-0.15, -0.1) is 0 Å². The summed E-state index contributed by atoms with van der Waals surface area (Å²) in [5.74, 6) is -1.52. The molecule has 0 aromatic rings. The third-order valence-corrected chi connectivity index (χ3v) is 11.1. The van der Waals surface area contributed by atoms with Crippen molar-refractivity contribution in [3.05, 3.63) is 24.3 Å². The fourth-order valence-electron chi connectivity index (χ4n) is 7.62. The van der Waals surface area contributed by atoms with Gasteiger partial charge in [0.1, 0.15) is 0 Å². The molecule has 3 atom stereocenters. The fourth-order valence-corrected chi connectivity index (χ4v) is 7.62. The fraction of sp³-hybridized carbons (Fsp3) is 0.872. The van der Waals surface area contributed by atoms with Crippen molar-refractivity contribution in [2.24, 2.45) is 23.5 Å². The number of carbonyl (C=O) groups is 2. The number of unbranched alkanes of at least 4 members (excludes halogenated alkanes) is 28. The monoisotopic (exact) mass is 716 g/mol. The first-order chi connectivity index (χ1) is 24.9. The summed E-state index contributed by atoms with van der Waals surface area (Å²) in [6.07, 6.45) is 52.7. The van der Waals surface area contributed by atoms with E-state index in [0.717, 1.165) is 32.1 Å². The number of primary amides is 1. The molecule has 0 rings (SSSR count). The van der Waals surface area contributed by atoms with E-state index >= 15 is 0 Å². The van der Waals surface area contributed by atoms with Gasteiger partial charge in [0.2, 0.25) is 5.91 Å². The van der Waals surface area contributed by atoms with Crippen molar-refractivity contribution in [3.63, 3.8) is 0 Å². The van der Waals surface area contributed by atoms with Gasteiger partial charge in [-0.25, -0.2) is 0 Å². The molecule has 0 aliphatic heterocycles. The molecule has 1 amide bonds. The summed E-state index contributed by atoms with van der Waals surface area (Å²) >= 11 is 0. The molecule has 0 aromatic heterocycles. The number of rotatable bonds is 41. The highest BCUT2D eigenvalue weighted by molar-refractivity contribution is 5.77. The Morgan fingerprint density at radius 3 is 1.08 bits per heavy atom. The van der Waals surface area contributed by atoms with Crippen molar-refractivity contribution in [2.75, 3.05) is 0 Å². The topological polar surface area (TPSA) is 80.4 Å². The van der Waals surface area contributed by atoms with E-state index in [4.69, 9.17) is 5.73 Å². The highest BCUT2D eigenvalue weighted by atomic mass is 16.4. The molecule has 4 nitrogen and oxygen atoms in total. The van der Waals surface area contributed by atoms with Gasteiger partial charge in [-0.3, -0.25) is 9.59 Å². The average Bonchev–Trinajstić information content (AvgIpc) is 3.11. The van der Waals surface area contributed by atoms with Crippen LogP contribution in [0.3, 0.4) is 0 Å². The lowest BCUT2D eigenvalue weighted by Crippen LogP contribution is -2.31. The first kappa shape index (κ1) is 49.4. The van der Waals surface area contributed by atoms with Crippen LogP contribution in [-0.4, -0.2) is 17.0 Å². The predicted molar refractivity (Wildman–Crippen MR) is 224 cm³/mol. The van der Waals surface area contributed by atoms with Gasteiger partial charge in [-0.1, -0.05) is 199 Å². The molecule has 0 saturated carbocycles. The van der Waals surface area contributed by atoms with Gasteiger partial charge in [0, 0.05) is 5.92 Å². The minimum Gasteiger partial charge on any atom is -0.481 e. The number of carboxylic acids is 1. The lowest BCUT2D eigenvalue weighted by molar-refractivity contribution is -0.143. The minimum atomic E-state index is -0.713. The predicted octanol–water partition coefficient (Wildman–Crippen LogP) is 15.2. The quantitative estimate of drug-likeness (QED) is 0.0488. The third-order valence-electron chi connectivity index (χ3n) is 11.1. The summed E-state index contributed by atoms with van der Waals surface area (Å²) in [7, 11) is 0. The second-order valence-corrected chi connectivity index (χ2v) is 16.1. The van der Waals surface area contributed by atoms with E-state index in [0.29, 0.717) is 12.8 Å². The highest BCUT2D eigenvalue weighted by Crippen LogP contribution is 2.28. The number of hydrogen-bond acceptors (Lipinski definition) is 2. The van der Waals surface area contributed by atoms with Crippen LogP contribution in [-0.2, 0) is 9.59 Å². The van der Waals surface area contributed by atoms with E-state index in [1.807, 2.05) is 6.92 Å².